The molecular weight excluding hydrogens is 194 g/mol. The summed E-state index contributed by atoms with van der Waals surface area (Å²) in [5, 5.41) is 39.7. The van der Waals surface area contributed by atoms with E-state index in [0.29, 0.717) is 0 Å². The SMILES string of the molecule is O=C1NC2C(O1)C(O)C(O)C2(O)CO. The first kappa shape index (κ1) is 9.66. The van der Waals surface area contributed by atoms with Crippen molar-refractivity contribution in [1.29, 1.82) is 0 Å². The van der Waals surface area contributed by atoms with Crippen molar-refractivity contribution in [2.24, 2.45) is 0 Å². The summed E-state index contributed by atoms with van der Waals surface area (Å²) in [5.41, 5.74) is -1.95. The Morgan fingerprint density at radius 2 is 2.14 bits per heavy atom. The van der Waals surface area contributed by atoms with Crippen molar-refractivity contribution < 1.29 is 30.0 Å². The fourth-order valence-corrected chi connectivity index (χ4v) is 1.96. The van der Waals surface area contributed by atoms with Crippen LogP contribution in [-0.2, 0) is 4.74 Å². The molecule has 0 aromatic carbocycles. The van der Waals surface area contributed by atoms with Gasteiger partial charge >= 0.3 is 6.09 Å². The van der Waals surface area contributed by atoms with Gasteiger partial charge in [0.05, 0.1) is 6.61 Å². The molecule has 7 nitrogen and oxygen atoms in total. The normalized spacial score (nSPS) is 51.3. The van der Waals surface area contributed by atoms with E-state index in [2.05, 4.69) is 10.1 Å². The molecule has 0 aromatic heterocycles. The number of hydrogen-bond acceptors (Lipinski definition) is 6. The highest BCUT2D eigenvalue weighted by atomic mass is 16.6. The van der Waals surface area contributed by atoms with E-state index in [4.69, 9.17) is 5.11 Å². The minimum absolute atomic E-state index is 0.768. The number of carbonyl (C=O) groups is 1. The molecule has 0 spiro atoms. The fraction of sp³-hybridized carbons (Fsp3) is 0.857. The summed E-state index contributed by atoms with van der Waals surface area (Å²) in [4.78, 5) is 10.8. The average Bonchev–Trinajstić information content (AvgIpc) is 2.62. The van der Waals surface area contributed by atoms with Crippen LogP contribution in [0.25, 0.3) is 0 Å². The second-order valence-corrected chi connectivity index (χ2v) is 3.58. The Morgan fingerprint density at radius 3 is 2.71 bits per heavy atom. The lowest BCUT2D eigenvalue weighted by molar-refractivity contribution is -0.120. The largest absolute Gasteiger partial charge is 0.441 e. The van der Waals surface area contributed by atoms with E-state index in [1.165, 1.54) is 0 Å². The average molecular weight is 205 g/mol. The zero-order chi connectivity index (χ0) is 10.5. The Labute approximate surface area is 78.9 Å². The number of rotatable bonds is 1. The molecular formula is C7H11NO6. The molecule has 2 fully saturated rings. The van der Waals surface area contributed by atoms with Crippen LogP contribution in [0.5, 0.6) is 0 Å². The van der Waals surface area contributed by atoms with E-state index < -0.39 is 42.7 Å². The third kappa shape index (κ3) is 0.976. The second-order valence-electron chi connectivity index (χ2n) is 3.58. The summed E-state index contributed by atoms with van der Waals surface area (Å²) in [6, 6.07) is -0.981. The van der Waals surface area contributed by atoms with Crippen LogP contribution in [0.3, 0.4) is 0 Å². The predicted octanol–water partition coefficient (Wildman–Crippen LogP) is -3.08. The topological polar surface area (TPSA) is 119 Å². The lowest BCUT2D eigenvalue weighted by Gasteiger charge is -2.28. The zero-order valence-electron chi connectivity index (χ0n) is 7.12. The third-order valence-electron chi connectivity index (χ3n) is 2.81. The van der Waals surface area contributed by atoms with E-state index >= 15 is 0 Å². The van der Waals surface area contributed by atoms with E-state index in [1.54, 1.807) is 0 Å². The van der Waals surface area contributed by atoms with Gasteiger partial charge in [-0.15, -0.1) is 0 Å². The maximum absolute atomic E-state index is 10.8. The van der Waals surface area contributed by atoms with Crippen LogP contribution >= 0.6 is 0 Å². The van der Waals surface area contributed by atoms with Crippen LogP contribution < -0.4 is 5.32 Å². The monoisotopic (exact) mass is 205 g/mol. The highest BCUT2D eigenvalue weighted by molar-refractivity contribution is 5.71. The molecule has 5 atom stereocenters. The van der Waals surface area contributed by atoms with Gasteiger partial charge in [0.15, 0.2) is 6.10 Å². The maximum Gasteiger partial charge on any atom is 0.408 e. The van der Waals surface area contributed by atoms with Crippen LogP contribution in [0.15, 0.2) is 0 Å². The van der Waals surface area contributed by atoms with Gasteiger partial charge in [-0.05, 0) is 0 Å². The van der Waals surface area contributed by atoms with Crippen LogP contribution in [0, 0.1) is 0 Å². The van der Waals surface area contributed by atoms with Crippen molar-refractivity contribution in [3.05, 3.63) is 0 Å². The standard InChI is InChI=1S/C7H11NO6/c9-1-7(13)4-3(2(10)5(7)11)14-6(12)8-4/h2-5,9-11,13H,1H2,(H,8,12). The van der Waals surface area contributed by atoms with Gasteiger partial charge in [-0.3, -0.25) is 0 Å². The smallest absolute Gasteiger partial charge is 0.408 e. The van der Waals surface area contributed by atoms with Gasteiger partial charge in [0.1, 0.15) is 23.9 Å². The summed E-state index contributed by atoms with van der Waals surface area (Å²) < 4.78 is 4.63. The van der Waals surface area contributed by atoms with Gasteiger partial charge in [0, 0.05) is 0 Å². The Bertz CT molecular complexity index is 271. The highest BCUT2D eigenvalue weighted by Gasteiger charge is 2.64. The van der Waals surface area contributed by atoms with E-state index in [0.717, 1.165) is 0 Å². The van der Waals surface area contributed by atoms with Gasteiger partial charge in [-0.2, -0.15) is 0 Å². The predicted molar refractivity (Wildman–Crippen MR) is 41.2 cm³/mol. The Balaban J connectivity index is 2.31. The first-order valence-corrected chi connectivity index (χ1v) is 4.17. The van der Waals surface area contributed by atoms with Crippen molar-refractivity contribution in [3.63, 3.8) is 0 Å². The number of amides is 1. The fourth-order valence-electron chi connectivity index (χ4n) is 1.96. The summed E-state index contributed by atoms with van der Waals surface area (Å²) in [6.45, 7) is -0.768. The molecule has 2 aliphatic rings. The van der Waals surface area contributed by atoms with Crippen LogP contribution in [0.4, 0.5) is 4.79 Å². The number of hydrogen-bond donors (Lipinski definition) is 5. The van der Waals surface area contributed by atoms with Crippen molar-refractivity contribution in [2.45, 2.75) is 30.0 Å². The highest BCUT2D eigenvalue weighted by Crippen LogP contribution is 2.35. The quantitative estimate of drug-likeness (QED) is 0.310. The van der Waals surface area contributed by atoms with Gasteiger partial charge < -0.3 is 30.5 Å². The molecule has 1 aliphatic heterocycles. The Hall–Kier alpha value is -0.890. The number of fused-ring (bicyclic) bond motifs is 1. The van der Waals surface area contributed by atoms with Crippen LogP contribution in [0.1, 0.15) is 0 Å². The van der Waals surface area contributed by atoms with Crippen molar-refractivity contribution in [2.75, 3.05) is 6.61 Å². The summed E-state index contributed by atoms with van der Waals surface area (Å²) in [7, 11) is 0. The summed E-state index contributed by atoms with van der Waals surface area (Å²) in [5.74, 6) is 0. The van der Waals surface area contributed by atoms with Gasteiger partial charge in [0.2, 0.25) is 0 Å². The molecule has 1 aliphatic carbocycles. The van der Waals surface area contributed by atoms with Gasteiger partial charge in [-0.25, -0.2) is 4.79 Å². The number of aliphatic hydroxyl groups is 4. The van der Waals surface area contributed by atoms with Crippen LogP contribution in [0.2, 0.25) is 0 Å². The molecule has 80 valence electrons. The van der Waals surface area contributed by atoms with E-state index in [-0.39, 0.29) is 0 Å². The van der Waals surface area contributed by atoms with Crippen molar-refractivity contribution in [3.8, 4) is 0 Å². The molecule has 1 amide bonds. The first-order valence-electron chi connectivity index (χ1n) is 4.17. The molecule has 1 saturated heterocycles. The molecule has 1 saturated carbocycles. The van der Waals surface area contributed by atoms with Gasteiger partial charge in [-0.1, -0.05) is 0 Å². The number of carbonyl (C=O) groups excluding carboxylic acids is 1. The molecule has 0 aromatic rings. The van der Waals surface area contributed by atoms with Crippen LogP contribution in [-0.4, -0.2) is 63.1 Å². The minimum atomic E-state index is -1.95. The lowest BCUT2D eigenvalue weighted by Crippen LogP contribution is -2.56. The maximum atomic E-state index is 10.8. The zero-order valence-corrected chi connectivity index (χ0v) is 7.12. The molecule has 14 heavy (non-hydrogen) atoms. The summed E-state index contributed by atoms with van der Waals surface area (Å²) in [6.07, 6.45) is -4.73. The Kier molecular flexibility index (Phi) is 1.93. The molecule has 1 heterocycles. The van der Waals surface area contributed by atoms with Crippen molar-refractivity contribution in [1.82, 2.24) is 5.32 Å². The molecule has 0 radical (unpaired) electrons. The number of ether oxygens (including phenoxy) is 1. The second kappa shape index (κ2) is 2.80. The summed E-state index contributed by atoms with van der Waals surface area (Å²) >= 11 is 0. The molecule has 5 N–H and O–H groups in total. The van der Waals surface area contributed by atoms with Gasteiger partial charge in [0.25, 0.3) is 0 Å². The van der Waals surface area contributed by atoms with E-state index in [9.17, 15) is 20.1 Å². The first-order chi connectivity index (χ1) is 6.50. The molecule has 5 unspecified atom stereocenters. The Morgan fingerprint density at radius 1 is 1.50 bits per heavy atom. The number of aliphatic hydroxyl groups excluding tert-OH is 3. The molecule has 7 heteroatoms. The molecule has 2 rings (SSSR count). The lowest BCUT2D eigenvalue weighted by atomic mass is 9.96. The van der Waals surface area contributed by atoms with E-state index in [1.807, 2.05) is 0 Å². The number of alkyl carbamates (subject to hydrolysis) is 1. The molecule has 0 bridgehead atoms. The van der Waals surface area contributed by atoms with Crippen molar-refractivity contribution >= 4 is 6.09 Å². The third-order valence-corrected chi connectivity index (χ3v) is 2.81. The minimum Gasteiger partial charge on any atom is -0.441 e. The number of nitrogens with one attached hydrogen (secondary N) is 1.